The molecule has 3 heterocycles. The maximum absolute atomic E-state index is 12.9. The Morgan fingerprint density at radius 3 is 2.42 bits per heavy atom. The van der Waals surface area contributed by atoms with Gasteiger partial charge in [0.1, 0.15) is 17.4 Å². The molecule has 0 bridgehead atoms. The van der Waals surface area contributed by atoms with Gasteiger partial charge in [-0.05, 0) is 31.2 Å². The van der Waals surface area contributed by atoms with Crippen molar-refractivity contribution in [2.75, 3.05) is 0 Å². The number of rotatable bonds is 4. The number of carboxylic acids is 1. The summed E-state index contributed by atoms with van der Waals surface area (Å²) in [6.07, 6.45) is 3.62. The van der Waals surface area contributed by atoms with Gasteiger partial charge in [-0.15, -0.1) is 0 Å². The Morgan fingerprint density at radius 2 is 1.77 bits per heavy atom. The zero-order chi connectivity index (χ0) is 18.3. The van der Waals surface area contributed by atoms with Crippen molar-refractivity contribution in [3.8, 4) is 11.5 Å². The summed E-state index contributed by atoms with van der Waals surface area (Å²) in [6, 6.07) is 13.1. The van der Waals surface area contributed by atoms with Crippen LogP contribution in [0.5, 0.6) is 0 Å². The maximum atomic E-state index is 12.9. The summed E-state index contributed by atoms with van der Waals surface area (Å²) >= 11 is 0. The number of carbonyl (C=O) groups is 1. The van der Waals surface area contributed by atoms with Crippen LogP contribution in [-0.4, -0.2) is 35.2 Å². The number of aromatic nitrogens is 5. The molecule has 4 rings (SSSR count). The fourth-order valence-electron chi connectivity index (χ4n) is 2.96. The van der Waals surface area contributed by atoms with Crippen molar-refractivity contribution in [2.24, 2.45) is 0 Å². The van der Waals surface area contributed by atoms with E-state index in [0.29, 0.717) is 22.4 Å². The van der Waals surface area contributed by atoms with E-state index in [-0.39, 0.29) is 0 Å². The Kier molecular flexibility index (Phi) is 3.65. The number of carboxylic acid groups (broad SMARTS) is 1. The molecular weight excluding hydrogens is 334 g/mol. The standard InChI is InChI=1S/C18H15N5O3/c1-12-16-15(18(26)22(19-12)11-14(24)25)17(21-9-5-6-10-21)23(20-16)13-7-3-2-4-8-13/h2-10H,11H2,1H3,(H,24,25). The molecule has 0 aliphatic rings. The molecule has 0 radical (unpaired) electrons. The lowest BCUT2D eigenvalue weighted by molar-refractivity contribution is -0.138. The molecule has 1 aromatic carbocycles. The van der Waals surface area contributed by atoms with Crippen LogP contribution in [0.15, 0.2) is 59.7 Å². The molecule has 8 heteroatoms. The summed E-state index contributed by atoms with van der Waals surface area (Å²) in [6.45, 7) is 1.21. The summed E-state index contributed by atoms with van der Waals surface area (Å²) in [5.41, 5.74) is 1.24. The fraction of sp³-hybridized carbons (Fsp3) is 0.111. The molecule has 0 saturated heterocycles. The Bertz CT molecular complexity index is 1160. The van der Waals surface area contributed by atoms with Gasteiger partial charge in [0.2, 0.25) is 0 Å². The van der Waals surface area contributed by atoms with Crippen LogP contribution in [0.1, 0.15) is 5.69 Å². The molecule has 8 nitrogen and oxygen atoms in total. The van der Waals surface area contributed by atoms with Crippen LogP contribution in [-0.2, 0) is 11.3 Å². The van der Waals surface area contributed by atoms with Gasteiger partial charge in [-0.2, -0.15) is 10.2 Å². The van der Waals surface area contributed by atoms with Gasteiger partial charge in [0.25, 0.3) is 5.56 Å². The topological polar surface area (TPSA) is 94.9 Å². The van der Waals surface area contributed by atoms with Crippen molar-refractivity contribution in [1.82, 2.24) is 24.1 Å². The summed E-state index contributed by atoms with van der Waals surface area (Å²) in [7, 11) is 0. The molecular formula is C18H15N5O3. The van der Waals surface area contributed by atoms with Crippen LogP contribution in [0.3, 0.4) is 0 Å². The second kappa shape index (κ2) is 5.99. The first-order chi connectivity index (χ1) is 12.6. The lowest BCUT2D eigenvalue weighted by Gasteiger charge is -2.08. The maximum Gasteiger partial charge on any atom is 0.325 e. The van der Waals surface area contributed by atoms with Gasteiger partial charge in [0.05, 0.1) is 11.4 Å². The van der Waals surface area contributed by atoms with E-state index in [0.717, 1.165) is 10.4 Å². The fourth-order valence-corrected chi connectivity index (χ4v) is 2.96. The minimum atomic E-state index is -1.13. The summed E-state index contributed by atoms with van der Waals surface area (Å²) < 4.78 is 4.42. The number of aryl methyl sites for hydroxylation is 1. The predicted molar refractivity (Wildman–Crippen MR) is 94.8 cm³/mol. The first-order valence-electron chi connectivity index (χ1n) is 7.97. The molecule has 130 valence electrons. The van der Waals surface area contributed by atoms with Crippen LogP contribution < -0.4 is 5.56 Å². The Balaban J connectivity index is 2.12. The number of aliphatic carboxylic acids is 1. The largest absolute Gasteiger partial charge is 0.480 e. The van der Waals surface area contributed by atoms with Crippen LogP contribution in [0.25, 0.3) is 22.4 Å². The van der Waals surface area contributed by atoms with Crippen molar-refractivity contribution in [3.05, 3.63) is 70.9 Å². The van der Waals surface area contributed by atoms with Gasteiger partial charge in [-0.3, -0.25) is 9.59 Å². The number of fused-ring (bicyclic) bond motifs is 1. The lowest BCUT2D eigenvalue weighted by atomic mass is 10.2. The highest BCUT2D eigenvalue weighted by molar-refractivity contribution is 5.88. The molecule has 0 spiro atoms. The minimum absolute atomic E-state index is 0.332. The number of hydrogen-bond acceptors (Lipinski definition) is 4. The third kappa shape index (κ3) is 2.48. The molecule has 26 heavy (non-hydrogen) atoms. The van der Waals surface area contributed by atoms with Crippen LogP contribution in [0.4, 0.5) is 0 Å². The molecule has 0 amide bonds. The average molecular weight is 349 g/mol. The minimum Gasteiger partial charge on any atom is -0.480 e. The van der Waals surface area contributed by atoms with E-state index in [1.165, 1.54) is 0 Å². The summed E-state index contributed by atoms with van der Waals surface area (Å²) in [5.74, 6) is -0.581. The van der Waals surface area contributed by atoms with E-state index < -0.39 is 18.1 Å². The Morgan fingerprint density at radius 1 is 1.08 bits per heavy atom. The molecule has 0 aliphatic heterocycles. The molecule has 0 aliphatic carbocycles. The van der Waals surface area contributed by atoms with Crippen LogP contribution >= 0.6 is 0 Å². The van der Waals surface area contributed by atoms with E-state index in [9.17, 15) is 9.59 Å². The van der Waals surface area contributed by atoms with Crippen molar-refractivity contribution >= 4 is 16.9 Å². The van der Waals surface area contributed by atoms with E-state index in [2.05, 4.69) is 10.2 Å². The second-order valence-electron chi connectivity index (χ2n) is 5.83. The van der Waals surface area contributed by atoms with Gasteiger partial charge < -0.3 is 9.67 Å². The smallest absolute Gasteiger partial charge is 0.325 e. The quantitative estimate of drug-likeness (QED) is 0.606. The van der Waals surface area contributed by atoms with E-state index in [4.69, 9.17) is 5.11 Å². The normalized spacial score (nSPS) is 11.1. The number of hydrogen-bond donors (Lipinski definition) is 1. The molecule has 0 fully saturated rings. The third-order valence-corrected chi connectivity index (χ3v) is 4.06. The summed E-state index contributed by atoms with van der Waals surface area (Å²) in [5, 5.41) is 18.1. The highest BCUT2D eigenvalue weighted by atomic mass is 16.4. The van der Waals surface area contributed by atoms with Gasteiger partial charge >= 0.3 is 5.97 Å². The van der Waals surface area contributed by atoms with Crippen LogP contribution in [0, 0.1) is 6.92 Å². The first-order valence-corrected chi connectivity index (χ1v) is 7.97. The summed E-state index contributed by atoms with van der Waals surface area (Å²) in [4.78, 5) is 24.0. The van der Waals surface area contributed by atoms with Gasteiger partial charge in [0, 0.05) is 12.4 Å². The van der Waals surface area contributed by atoms with Crippen LogP contribution in [0.2, 0.25) is 0 Å². The van der Waals surface area contributed by atoms with E-state index >= 15 is 0 Å². The monoisotopic (exact) mass is 349 g/mol. The number of benzene rings is 1. The highest BCUT2D eigenvalue weighted by Gasteiger charge is 2.21. The predicted octanol–water partition coefficient (Wildman–Crippen LogP) is 1.77. The number of para-hydroxylation sites is 1. The van der Waals surface area contributed by atoms with Gasteiger partial charge in [-0.1, -0.05) is 18.2 Å². The van der Waals surface area contributed by atoms with Gasteiger partial charge in [0.15, 0.2) is 5.82 Å². The zero-order valence-electron chi connectivity index (χ0n) is 13.9. The number of nitrogens with zero attached hydrogens (tertiary/aromatic N) is 5. The molecule has 3 aromatic heterocycles. The average Bonchev–Trinajstić information content (AvgIpc) is 3.27. The second-order valence-corrected chi connectivity index (χ2v) is 5.83. The van der Waals surface area contributed by atoms with E-state index in [1.54, 1.807) is 16.2 Å². The van der Waals surface area contributed by atoms with Crippen molar-refractivity contribution in [2.45, 2.75) is 13.5 Å². The molecule has 0 unspecified atom stereocenters. The lowest BCUT2D eigenvalue weighted by Crippen LogP contribution is -2.27. The van der Waals surface area contributed by atoms with Crippen molar-refractivity contribution in [1.29, 1.82) is 0 Å². The Labute approximate surface area is 147 Å². The van der Waals surface area contributed by atoms with Crippen molar-refractivity contribution < 1.29 is 9.90 Å². The van der Waals surface area contributed by atoms with Crippen molar-refractivity contribution in [3.63, 3.8) is 0 Å². The molecule has 4 aromatic rings. The third-order valence-electron chi connectivity index (χ3n) is 4.06. The van der Waals surface area contributed by atoms with E-state index in [1.807, 2.05) is 54.9 Å². The zero-order valence-corrected chi connectivity index (χ0v) is 13.9. The molecule has 1 N–H and O–H groups in total. The Hall–Kier alpha value is -3.68. The highest BCUT2D eigenvalue weighted by Crippen LogP contribution is 2.24. The SMILES string of the molecule is Cc1nn(CC(=O)O)c(=O)c2c(-n3cccc3)n(-c3ccccc3)nc12. The molecule has 0 atom stereocenters. The molecule has 0 saturated carbocycles. The first kappa shape index (κ1) is 15.8. The van der Waals surface area contributed by atoms with Gasteiger partial charge in [-0.25, -0.2) is 9.36 Å².